The number of para-hydroxylation sites is 1. The van der Waals surface area contributed by atoms with E-state index in [-0.39, 0.29) is 16.7 Å². The lowest BCUT2D eigenvalue weighted by molar-refractivity contribution is -0.384. The van der Waals surface area contributed by atoms with E-state index in [1.807, 2.05) is 7.05 Å². The topological polar surface area (TPSA) is 76.4 Å². The minimum absolute atomic E-state index is 0.0192. The van der Waals surface area contributed by atoms with Gasteiger partial charge in [-0.3, -0.25) is 10.1 Å². The van der Waals surface area contributed by atoms with Crippen LogP contribution in [0.15, 0.2) is 18.2 Å². The lowest BCUT2D eigenvalue weighted by Gasteiger charge is -2.29. The van der Waals surface area contributed by atoms with Gasteiger partial charge in [-0.1, -0.05) is 6.07 Å². The fourth-order valence-electron chi connectivity index (χ4n) is 2.74. The Morgan fingerprint density at radius 1 is 1.25 bits per heavy atom. The third-order valence-electron chi connectivity index (χ3n) is 3.90. The molecule has 6 heteroatoms. The van der Waals surface area contributed by atoms with Crippen molar-refractivity contribution in [1.82, 2.24) is 5.32 Å². The highest BCUT2D eigenvalue weighted by atomic mass is 16.6. The van der Waals surface area contributed by atoms with Gasteiger partial charge in [0, 0.05) is 12.1 Å². The highest BCUT2D eigenvalue weighted by Gasteiger charge is 2.25. The van der Waals surface area contributed by atoms with Gasteiger partial charge >= 0.3 is 5.69 Å². The van der Waals surface area contributed by atoms with Crippen LogP contribution in [0.5, 0.6) is 5.75 Å². The molecule has 0 radical (unpaired) electrons. The molecule has 2 rings (SSSR count). The van der Waals surface area contributed by atoms with E-state index >= 15 is 0 Å². The lowest BCUT2D eigenvalue weighted by Crippen LogP contribution is -2.35. The predicted molar refractivity (Wildman–Crippen MR) is 78.4 cm³/mol. The summed E-state index contributed by atoms with van der Waals surface area (Å²) < 4.78 is 5.08. The van der Waals surface area contributed by atoms with E-state index in [0.717, 1.165) is 25.7 Å². The molecule has 6 nitrogen and oxygen atoms in total. The molecule has 0 aromatic heterocycles. The Morgan fingerprint density at radius 3 is 2.45 bits per heavy atom. The number of nitrogens with one attached hydrogen (secondary N) is 2. The Morgan fingerprint density at radius 2 is 1.90 bits per heavy atom. The van der Waals surface area contributed by atoms with Crippen LogP contribution in [0.25, 0.3) is 0 Å². The number of hydrogen-bond acceptors (Lipinski definition) is 5. The first-order chi connectivity index (χ1) is 9.65. The average molecular weight is 279 g/mol. The van der Waals surface area contributed by atoms with Crippen LogP contribution >= 0.6 is 0 Å². The van der Waals surface area contributed by atoms with Gasteiger partial charge in [-0.25, -0.2) is 0 Å². The summed E-state index contributed by atoms with van der Waals surface area (Å²) in [5.41, 5.74) is 0.563. The minimum atomic E-state index is -0.388. The van der Waals surface area contributed by atoms with E-state index in [0.29, 0.717) is 17.5 Å². The third-order valence-corrected chi connectivity index (χ3v) is 3.90. The van der Waals surface area contributed by atoms with E-state index in [4.69, 9.17) is 4.74 Å². The van der Waals surface area contributed by atoms with Gasteiger partial charge in [-0.2, -0.15) is 0 Å². The van der Waals surface area contributed by atoms with Crippen LogP contribution in [0.4, 0.5) is 11.4 Å². The van der Waals surface area contributed by atoms with Gasteiger partial charge in [-0.15, -0.1) is 0 Å². The highest BCUT2D eigenvalue weighted by Crippen LogP contribution is 2.36. The maximum Gasteiger partial charge on any atom is 0.333 e. The van der Waals surface area contributed by atoms with Crippen molar-refractivity contribution in [3.05, 3.63) is 28.3 Å². The van der Waals surface area contributed by atoms with Gasteiger partial charge in [0.2, 0.25) is 0 Å². The molecule has 0 aliphatic heterocycles. The zero-order valence-electron chi connectivity index (χ0n) is 11.9. The van der Waals surface area contributed by atoms with Crippen molar-refractivity contribution in [2.24, 2.45) is 0 Å². The first kappa shape index (κ1) is 14.6. The molecule has 0 unspecified atom stereocenters. The maximum absolute atomic E-state index is 11.2. The van der Waals surface area contributed by atoms with Crippen LogP contribution < -0.4 is 15.4 Å². The van der Waals surface area contributed by atoms with Gasteiger partial charge in [0.15, 0.2) is 5.75 Å². The van der Waals surface area contributed by atoms with E-state index in [2.05, 4.69) is 10.6 Å². The van der Waals surface area contributed by atoms with E-state index < -0.39 is 0 Å². The fraction of sp³-hybridized carbons (Fsp3) is 0.571. The normalized spacial score (nSPS) is 22.3. The fourth-order valence-corrected chi connectivity index (χ4v) is 2.74. The molecule has 1 saturated carbocycles. The zero-order valence-corrected chi connectivity index (χ0v) is 11.9. The van der Waals surface area contributed by atoms with Crippen molar-refractivity contribution in [2.75, 3.05) is 19.5 Å². The number of rotatable bonds is 5. The molecule has 1 aromatic rings. The first-order valence-electron chi connectivity index (χ1n) is 6.91. The van der Waals surface area contributed by atoms with Crippen molar-refractivity contribution in [2.45, 2.75) is 37.8 Å². The van der Waals surface area contributed by atoms with Crippen LogP contribution in [-0.2, 0) is 0 Å². The molecule has 1 aliphatic carbocycles. The molecule has 2 N–H and O–H groups in total. The average Bonchev–Trinajstić information content (AvgIpc) is 2.47. The molecule has 0 amide bonds. The van der Waals surface area contributed by atoms with Crippen LogP contribution in [0.3, 0.4) is 0 Å². The number of nitrogens with zero attached hydrogens (tertiary/aromatic N) is 1. The Bertz CT molecular complexity index is 471. The smallest absolute Gasteiger partial charge is 0.333 e. The Labute approximate surface area is 118 Å². The Hall–Kier alpha value is -1.82. The molecular weight excluding hydrogens is 258 g/mol. The Kier molecular flexibility index (Phi) is 4.79. The summed E-state index contributed by atoms with van der Waals surface area (Å²) in [4.78, 5) is 10.8. The number of ether oxygens (including phenoxy) is 1. The number of methoxy groups -OCH3 is 1. The summed E-state index contributed by atoms with van der Waals surface area (Å²) in [6.45, 7) is 0. The van der Waals surface area contributed by atoms with Crippen molar-refractivity contribution >= 4 is 11.4 Å². The largest absolute Gasteiger partial charge is 0.490 e. The minimum Gasteiger partial charge on any atom is -0.490 e. The molecular formula is C14H21N3O3. The van der Waals surface area contributed by atoms with Crippen molar-refractivity contribution in [3.63, 3.8) is 0 Å². The SMILES string of the molecule is CNC1CCC(Nc2cccc(OC)c2[N+](=O)[O-])CC1. The number of hydrogen-bond donors (Lipinski definition) is 2. The van der Waals surface area contributed by atoms with Crippen molar-refractivity contribution in [3.8, 4) is 5.75 Å². The summed E-state index contributed by atoms with van der Waals surface area (Å²) in [6.07, 6.45) is 4.21. The van der Waals surface area contributed by atoms with Gasteiger partial charge < -0.3 is 15.4 Å². The van der Waals surface area contributed by atoms with Gasteiger partial charge in [0.05, 0.1) is 12.0 Å². The van der Waals surface area contributed by atoms with Crippen molar-refractivity contribution < 1.29 is 9.66 Å². The second-order valence-electron chi connectivity index (χ2n) is 5.10. The highest BCUT2D eigenvalue weighted by molar-refractivity contribution is 5.68. The van der Waals surface area contributed by atoms with Crippen molar-refractivity contribution in [1.29, 1.82) is 0 Å². The molecule has 1 aliphatic rings. The summed E-state index contributed by atoms with van der Waals surface area (Å²) in [5, 5.41) is 17.8. The summed E-state index contributed by atoms with van der Waals surface area (Å²) in [5.74, 6) is 0.295. The van der Waals surface area contributed by atoms with E-state index in [1.54, 1.807) is 18.2 Å². The van der Waals surface area contributed by atoms with Gasteiger partial charge in [-0.05, 0) is 44.9 Å². The number of benzene rings is 1. The van der Waals surface area contributed by atoms with Gasteiger partial charge in [0.1, 0.15) is 5.69 Å². The lowest BCUT2D eigenvalue weighted by atomic mass is 9.91. The molecule has 0 heterocycles. The predicted octanol–water partition coefficient (Wildman–Crippen LogP) is 2.55. The van der Waals surface area contributed by atoms with Crippen LogP contribution in [0, 0.1) is 10.1 Å². The number of nitro benzene ring substituents is 1. The van der Waals surface area contributed by atoms with E-state index in [9.17, 15) is 10.1 Å². The molecule has 1 fully saturated rings. The summed E-state index contributed by atoms with van der Waals surface area (Å²) in [6, 6.07) is 5.97. The second-order valence-corrected chi connectivity index (χ2v) is 5.10. The van der Waals surface area contributed by atoms with Crippen LogP contribution in [0.2, 0.25) is 0 Å². The third kappa shape index (κ3) is 3.19. The van der Waals surface area contributed by atoms with Crippen LogP contribution in [-0.4, -0.2) is 31.2 Å². The maximum atomic E-state index is 11.2. The quantitative estimate of drug-likeness (QED) is 0.640. The molecule has 0 spiro atoms. The summed E-state index contributed by atoms with van der Waals surface area (Å²) >= 11 is 0. The Balaban J connectivity index is 2.12. The van der Waals surface area contributed by atoms with Gasteiger partial charge in [0.25, 0.3) is 0 Å². The molecule has 20 heavy (non-hydrogen) atoms. The second kappa shape index (κ2) is 6.56. The monoisotopic (exact) mass is 279 g/mol. The van der Waals surface area contributed by atoms with E-state index in [1.165, 1.54) is 7.11 Å². The number of anilines is 1. The molecule has 0 atom stereocenters. The molecule has 0 saturated heterocycles. The first-order valence-corrected chi connectivity index (χ1v) is 6.91. The van der Waals surface area contributed by atoms with Crippen LogP contribution in [0.1, 0.15) is 25.7 Å². The molecule has 110 valence electrons. The number of nitro groups is 1. The zero-order chi connectivity index (χ0) is 14.5. The standard InChI is InChI=1S/C14H21N3O3/c1-15-10-6-8-11(9-7-10)16-12-4-3-5-13(20-2)14(12)17(18)19/h3-5,10-11,15-16H,6-9H2,1-2H3. The summed E-state index contributed by atoms with van der Waals surface area (Å²) in [7, 11) is 3.43. The molecule has 1 aromatic carbocycles. The molecule has 0 bridgehead atoms.